The fourth-order valence-corrected chi connectivity index (χ4v) is 6.52. The normalized spacial score (nSPS) is 12.3. The summed E-state index contributed by atoms with van der Waals surface area (Å²) < 4.78 is 83.0. The smallest absolute Gasteiger partial charge is 0.266 e. The highest BCUT2D eigenvalue weighted by atomic mass is 32.2. The fourth-order valence-electron chi connectivity index (χ4n) is 4.34. The molecule has 44 heavy (non-hydrogen) atoms. The lowest BCUT2D eigenvalue weighted by Gasteiger charge is -2.18. The molecule has 0 saturated heterocycles. The number of sulfonamides is 2. The largest absolute Gasteiger partial charge is 0.384 e. The quantitative estimate of drug-likeness (QED) is 0.0419. The number of fused-ring (bicyclic) bond motifs is 1. The number of carbonyl (C=O) groups is 1. The monoisotopic (exact) mass is 667 g/mol. The molecule has 17 nitrogen and oxygen atoms in total. The Morgan fingerprint density at radius 2 is 1.57 bits per heavy atom. The Balaban J connectivity index is 2.02. The molecule has 0 atom stereocenters. The molecule has 1 amide bonds. The summed E-state index contributed by atoms with van der Waals surface area (Å²) in [5.41, 5.74) is 5.79. The van der Waals surface area contributed by atoms with Gasteiger partial charge in [-0.2, -0.15) is 8.42 Å². The van der Waals surface area contributed by atoms with Gasteiger partial charge in [0.25, 0.3) is 30.2 Å². The van der Waals surface area contributed by atoms with E-state index >= 15 is 0 Å². The van der Waals surface area contributed by atoms with Crippen LogP contribution >= 0.6 is 0 Å². The van der Waals surface area contributed by atoms with E-state index in [0.29, 0.717) is 11.1 Å². The van der Waals surface area contributed by atoms with Crippen LogP contribution in [0, 0.1) is 5.41 Å². The second-order valence-electron chi connectivity index (χ2n) is 9.25. The van der Waals surface area contributed by atoms with E-state index in [0.717, 1.165) is 6.07 Å². The second-order valence-corrected chi connectivity index (χ2v) is 14.0. The molecule has 0 aliphatic rings. The first-order valence-electron chi connectivity index (χ1n) is 12.2. The topological polar surface area (TPSA) is 295 Å². The average molecular weight is 668 g/mol. The molecule has 0 aliphatic carbocycles. The lowest BCUT2D eigenvalue weighted by Crippen LogP contribution is -2.30. The van der Waals surface area contributed by atoms with Crippen molar-refractivity contribution in [2.45, 2.75) is 16.2 Å². The summed E-state index contributed by atoms with van der Waals surface area (Å²) in [5, 5.41) is 29.0. The van der Waals surface area contributed by atoms with Crippen LogP contribution < -0.4 is 20.8 Å². The average Bonchev–Trinajstić information content (AvgIpc) is 3.39. The molecule has 0 aliphatic heterocycles. The van der Waals surface area contributed by atoms with E-state index in [4.69, 9.17) is 15.7 Å². The standard InChI is InChI=1S/C24H25N7O10S3/c25-23(26)14-5-6-18-19(12-14)29-24(28-18)17-10-13(11-21(32)27-7-8-42(35,36)37)9-16(22(17)44(40,41)31-34)15-3-1-2-4-20(15)43(38,39)30-33/h1-6,9-10,12,30-31,33-34H,7-8,11H2,(H3,25,26)(H,27,32)(H,28,29)(H,35,36,37). The van der Waals surface area contributed by atoms with Gasteiger partial charge in [-0.15, -0.1) is 0 Å². The number of rotatable bonds is 12. The van der Waals surface area contributed by atoms with Gasteiger partial charge in [0.2, 0.25) is 5.91 Å². The third kappa shape index (κ3) is 7.09. The summed E-state index contributed by atoms with van der Waals surface area (Å²) in [4.78, 5) is 21.2. The molecule has 0 radical (unpaired) electrons. The van der Waals surface area contributed by atoms with E-state index in [-0.39, 0.29) is 39.4 Å². The number of aromatic nitrogens is 2. The molecule has 0 spiro atoms. The lowest BCUT2D eigenvalue weighted by atomic mass is 9.97. The van der Waals surface area contributed by atoms with Crippen molar-refractivity contribution in [3.8, 4) is 22.5 Å². The highest BCUT2D eigenvalue weighted by Crippen LogP contribution is 2.39. The molecule has 20 heteroatoms. The number of benzene rings is 3. The molecule has 0 fully saturated rings. The van der Waals surface area contributed by atoms with E-state index in [1.54, 1.807) is 0 Å². The van der Waals surface area contributed by atoms with Crippen LogP contribution in [0.5, 0.6) is 0 Å². The fraction of sp³-hybridized carbons (Fsp3) is 0.125. The van der Waals surface area contributed by atoms with E-state index in [2.05, 4.69) is 15.3 Å². The van der Waals surface area contributed by atoms with Gasteiger partial charge in [0.1, 0.15) is 16.6 Å². The summed E-state index contributed by atoms with van der Waals surface area (Å²) in [6, 6.07) is 11.9. The minimum Gasteiger partial charge on any atom is -0.384 e. The first kappa shape index (κ1) is 32.6. The van der Waals surface area contributed by atoms with Crippen LogP contribution in [0.1, 0.15) is 11.1 Å². The molecule has 4 aromatic rings. The van der Waals surface area contributed by atoms with Gasteiger partial charge >= 0.3 is 0 Å². The van der Waals surface area contributed by atoms with Crippen LogP contribution in [0.3, 0.4) is 0 Å². The first-order valence-corrected chi connectivity index (χ1v) is 16.8. The van der Waals surface area contributed by atoms with Crippen molar-refractivity contribution in [1.29, 1.82) is 5.41 Å². The maximum atomic E-state index is 13.3. The molecule has 10 N–H and O–H groups in total. The van der Waals surface area contributed by atoms with Gasteiger partial charge in [-0.05, 0) is 42.0 Å². The highest BCUT2D eigenvalue weighted by molar-refractivity contribution is 7.90. The number of nitrogens with one attached hydrogen (secondary N) is 5. The Morgan fingerprint density at radius 1 is 0.909 bits per heavy atom. The van der Waals surface area contributed by atoms with E-state index < -0.39 is 64.6 Å². The van der Waals surface area contributed by atoms with Gasteiger partial charge < -0.3 is 26.4 Å². The number of nitrogen functional groups attached to an aromatic ring is 1. The van der Waals surface area contributed by atoms with E-state index in [9.17, 15) is 40.5 Å². The van der Waals surface area contributed by atoms with Crippen molar-refractivity contribution < 1.29 is 45.0 Å². The summed E-state index contributed by atoms with van der Waals surface area (Å²) in [5.74, 6) is -1.88. The minimum atomic E-state index is -4.84. The molecule has 3 aromatic carbocycles. The highest BCUT2D eigenvalue weighted by Gasteiger charge is 2.30. The number of nitrogens with two attached hydrogens (primary N) is 1. The molecule has 234 valence electrons. The zero-order valence-corrected chi connectivity index (χ0v) is 24.7. The zero-order valence-electron chi connectivity index (χ0n) is 22.3. The summed E-state index contributed by atoms with van der Waals surface area (Å²) in [6.45, 7) is -0.441. The van der Waals surface area contributed by atoms with E-state index in [1.807, 2.05) is 0 Å². The summed E-state index contributed by atoms with van der Waals surface area (Å²) in [7, 11) is -13.8. The number of amidine groups is 1. The number of H-pyrrole nitrogens is 1. The Labute approximate surface area is 250 Å². The van der Waals surface area contributed by atoms with Gasteiger partial charge in [-0.1, -0.05) is 28.0 Å². The number of hydrogen-bond donors (Lipinski definition) is 9. The van der Waals surface area contributed by atoms with Crippen LogP contribution in [0.4, 0.5) is 0 Å². The van der Waals surface area contributed by atoms with Crippen LogP contribution in [0.2, 0.25) is 0 Å². The second kappa shape index (κ2) is 12.4. The SMILES string of the molecule is N=C(N)c1ccc2[nH]c(-c3cc(CC(=O)NCCS(=O)(=O)O)cc(-c4ccccc4S(=O)(=O)NO)c3S(=O)(=O)NO)nc2c1. The summed E-state index contributed by atoms with van der Waals surface area (Å²) in [6.07, 6.45) is -0.486. The maximum absolute atomic E-state index is 13.3. The number of amides is 1. The van der Waals surface area contributed by atoms with Gasteiger partial charge in [-0.3, -0.25) is 14.8 Å². The summed E-state index contributed by atoms with van der Waals surface area (Å²) >= 11 is 0. The Kier molecular flexibility index (Phi) is 9.18. The Bertz CT molecular complexity index is 2110. The minimum absolute atomic E-state index is 0.0882. The third-order valence-corrected chi connectivity index (χ3v) is 9.33. The van der Waals surface area contributed by atoms with Crippen molar-refractivity contribution >= 4 is 52.9 Å². The van der Waals surface area contributed by atoms with Crippen LogP contribution in [-0.4, -0.2) is 74.2 Å². The van der Waals surface area contributed by atoms with Gasteiger partial charge in [0.05, 0.1) is 28.1 Å². The van der Waals surface area contributed by atoms with Crippen molar-refractivity contribution in [1.82, 2.24) is 25.1 Å². The predicted molar refractivity (Wildman–Crippen MR) is 155 cm³/mol. The third-order valence-electron chi connectivity index (χ3n) is 6.22. The van der Waals surface area contributed by atoms with Crippen molar-refractivity contribution in [2.24, 2.45) is 5.73 Å². The molecule has 1 aromatic heterocycles. The lowest BCUT2D eigenvalue weighted by molar-refractivity contribution is -0.120. The van der Waals surface area contributed by atoms with Crippen LogP contribution in [0.25, 0.3) is 33.5 Å². The van der Waals surface area contributed by atoms with Crippen LogP contribution in [0.15, 0.2) is 64.4 Å². The molecular formula is C24H25N7O10S3. The first-order chi connectivity index (χ1) is 20.6. The predicted octanol–water partition coefficient (Wildman–Crippen LogP) is 0.0625. The number of aromatic amines is 1. The molecule has 0 bridgehead atoms. The molecule has 1 heterocycles. The maximum Gasteiger partial charge on any atom is 0.266 e. The number of hydrogen-bond acceptors (Lipinski definition) is 11. The van der Waals surface area contributed by atoms with Crippen molar-refractivity contribution in [2.75, 3.05) is 12.3 Å². The molecular weight excluding hydrogens is 643 g/mol. The van der Waals surface area contributed by atoms with E-state index in [1.165, 1.54) is 58.3 Å². The molecule has 0 saturated carbocycles. The van der Waals surface area contributed by atoms with Gasteiger partial charge in [0, 0.05) is 28.8 Å². The van der Waals surface area contributed by atoms with Crippen molar-refractivity contribution in [3.05, 3.63) is 65.7 Å². The van der Waals surface area contributed by atoms with Crippen molar-refractivity contribution in [3.63, 3.8) is 0 Å². The number of carbonyl (C=O) groups excluding carboxylic acids is 1. The molecule has 4 rings (SSSR count). The van der Waals surface area contributed by atoms with Gasteiger partial charge in [0.15, 0.2) is 0 Å². The number of nitrogens with zero attached hydrogens (tertiary/aromatic N) is 1. The van der Waals surface area contributed by atoms with Crippen LogP contribution in [-0.2, 0) is 41.4 Å². The Hall–Kier alpha value is -4.28. The van der Waals surface area contributed by atoms with Gasteiger partial charge in [-0.25, -0.2) is 21.8 Å². The zero-order chi connectivity index (χ0) is 32.4. The Morgan fingerprint density at radius 3 is 2.20 bits per heavy atom. The molecule has 0 unspecified atom stereocenters. The number of imidazole rings is 1.